The molecule has 0 aliphatic heterocycles. The fourth-order valence-corrected chi connectivity index (χ4v) is 3.97. The van der Waals surface area contributed by atoms with Gasteiger partial charge in [-0.1, -0.05) is 55.0 Å². The maximum Gasteiger partial charge on any atom is 0.331 e. The average molecular weight is 376 g/mol. The van der Waals surface area contributed by atoms with Crippen LogP contribution in [-0.4, -0.2) is 10.5 Å². The summed E-state index contributed by atoms with van der Waals surface area (Å²) in [6, 6.07) is 11.1. The molecule has 0 fully saturated rings. The van der Waals surface area contributed by atoms with Gasteiger partial charge in [0.05, 0.1) is 15.2 Å². The van der Waals surface area contributed by atoms with Crippen LogP contribution in [0, 0.1) is 6.92 Å². The van der Waals surface area contributed by atoms with Crippen molar-refractivity contribution in [1.29, 1.82) is 0 Å². The second-order valence-electron chi connectivity index (χ2n) is 6.21. The van der Waals surface area contributed by atoms with Crippen LogP contribution in [0.3, 0.4) is 0 Å². The number of thiazole rings is 1. The molecular weight excluding hydrogens is 358 g/mol. The highest BCUT2D eigenvalue weighted by Crippen LogP contribution is 2.28. The zero-order chi connectivity index (χ0) is 18.1. The van der Waals surface area contributed by atoms with E-state index in [4.69, 9.17) is 16.3 Å². The number of carbonyl (C=O) groups is 1. The molecule has 6 heteroatoms. The number of rotatable bonds is 4. The van der Waals surface area contributed by atoms with Crippen LogP contribution in [0.25, 0.3) is 10.2 Å². The van der Waals surface area contributed by atoms with E-state index in [-0.39, 0.29) is 17.3 Å². The van der Waals surface area contributed by atoms with Gasteiger partial charge in [-0.05, 0) is 42.2 Å². The second kappa shape index (κ2) is 7.02. The number of benzene rings is 2. The molecule has 0 spiro atoms. The topological polar surface area (TPSA) is 48.3 Å². The number of esters is 1. The van der Waals surface area contributed by atoms with Crippen molar-refractivity contribution in [3.8, 4) is 5.75 Å². The van der Waals surface area contributed by atoms with E-state index in [9.17, 15) is 9.59 Å². The highest BCUT2D eigenvalue weighted by atomic mass is 35.5. The normalized spacial score (nSPS) is 11.2. The van der Waals surface area contributed by atoms with Crippen molar-refractivity contribution in [3.63, 3.8) is 0 Å². The Labute approximate surface area is 154 Å². The minimum absolute atomic E-state index is 0.173. The number of fused-ring (bicyclic) bond motifs is 1. The van der Waals surface area contributed by atoms with E-state index in [1.807, 2.05) is 45.0 Å². The Kier molecular flexibility index (Phi) is 4.97. The second-order valence-corrected chi connectivity index (χ2v) is 7.61. The minimum Gasteiger partial charge on any atom is -0.425 e. The van der Waals surface area contributed by atoms with Gasteiger partial charge >= 0.3 is 10.8 Å². The zero-order valence-corrected chi connectivity index (χ0v) is 15.8. The summed E-state index contributed by atoms with van der Waals surface area (Å²) in [5.74, 6) is 0.274. The smallest absolute Gasteiger partial charge is 0.331 e. The molecule has 3 rings (SSSR count). The van der Waals surface area contributed by atoms with E-state index in [1.54, 1.807) is 12.1 Å². The van der Waals surface area contributed by atoms with Gasteiger partial charge in [0.1, 0.15) is 12.3 Å². The summed E-state index contributed by atoms with van der Waals surface area (Å²) in [4.78, 5) is 24.4. The van der Waals surface area contributed by atoms with Crippen molar-refractivity contribution >= 4 is 39.1 Å². The highest BCUT2D eigenvalue weighted by molar-refractivity contribution is 7.16. The summed E-state index contributed by atoms with van der Waals surface area (Å²) in [5, 5.41) is 0.446. The molecule has 1 aromatic heterocycles. The molecule has 1 heterocycles. The lowest BCUT2D eigenvalue weighted by atomic mass is 10.0. The van der Waals surface area contributed by atoms with Crippen molar-refractivity contribution < 1.29 is 9.53 Å². The van der Waals surface area contributed by atoms with Crippen molar-refractivity contribution in [1.82, 2.24) is 4.57 Å². The number of hydrogen-bond donors (Lipinski definition) is 0. The molecule has 130 valence electrons. The average Bonchev–Trinajstić information content (AvgIpc) is 2.84. The van der Waals surface area contributed by atoms with E-state index in [2.05, 4.69) is 0 Å². The van der Waals surface area contributed by atoms with Crippen molar-refractivity contribution in [2.75, 3.05) is 0 Å². The van der Waals surface area contributed by atoms with Crippen LogP contribution >= 0.6 is 22.9 Å². The number of aryl methyl sites for hydroxylation is 1. The molecule has 0 radical (unpaired) electrons. The summed E-state index contributed by atoms with van der Waals surface area (Å²) in [6.07, 6.45) is 0. The minimum atomic E-state index is -0.491. The molecule has 0 saturated carbocycles. The maximum atomic E-state index is 12.5. The molecule has 0 amide bonds. The number of aromatic nitrogens is 1. The first-order valence-electron chi connectivity index (χ1n) is 7.96. The van der Waals surface area contributed by atoms with Gasteiger partial charge in [-0.25, -0.2) is 4.79 Å². The molecular formula is C19H18ClNO3S. The summed E-state index contributed by atoms with van der Waals surface area (Å²) in [6.45, 7) is 5.85. The first-order valence-corrected chi connectivity index (χ1v) is 9.15. The van der Waals surface area contributed by atoms with E-state index in [1.165, 1.54) is 4.57 Å². The van der Waals surface area contributed by atoms with Crippen LogP contribution < -0.4 is 9.61 Å². The van der Waals surface area contributed by atoms with Crippen LogP contribution in [0.15, 0.2) is 41.2 Å². The lowest BCUT2D eigenvalue weighted by molar-refractivity contribution is -0.135. The third-order valence-electron chi connectivity index (χ3n) is 3.94. The van der Waals surface area contributed by atoms with Crippen LogP contribution in [0.2, 0.25) is 5.02 Å². The van der Waals surface area contributed by atoms with E-state index in [0.717, 1.165) is 27.2 Å². The van der Waals surface area contributed by atoms with Crippen molar-refractivity contribution in [2.24, 2.45) is 0 Å². The van der Waals surface area contributed by atoms with Crippen LogP contribution in [0.1, 0.15) is 30.9 Å². The molecule has 0 unspecified atom stereocenters. The molecule has 0 aliphatic carbocycles. The number of hydrogen-bond acceptors (Lipinski definition) is 4. The Morgan fingerprint density at radius 1 is 1.28 bits per heavy atom. The number of nitrogens with zero attached hydrogens (tertiary/aromatic N) is 1. The Balaban J connectivity index is 1.91. The quantitative estimate of drug-likeness (QED) is 0.488. The van der Waals surface area contributed by atoms with Gasteiger partial charge in [0.2, 0.25) is 0 Å². The lowest BCUT2D eigenvalue weighted by Crippen LogP contribution is -2.23. The van der Waals surface area contributed by atoms with Gasteiger partial charge < -0.3 is 4.74 Å². The first-order chi connectivity index (χ1) is 11.9. The van der Waals surface area contributed by atoms with Gasteiger partial charge in [0.15, 0.2) is 0 Å². The molecule has 0 aliphatic rings. The number of para-hydroxylation sites is 1. The SMILES string of the molecule is Cc1ccc(C(C)C)c(OC(=O)Cn2c(=O)sc3cccc(Cl)c32)c1. The van der Waals surface area contributed by atoms with E-state index >= 15 is 0 Å². The van der Waals surface area contributed by atoms with E-state index < -0.39 is 5.97 Å². The predicted octanol–water partition coefficient (Wildman–Crippen LogP) is 4.75. The van der Waals surface area contributed by atoms with Gasteiger partial charge in [0, 0.05) is 0 Å². The molecule has 3 aromatic rings. The van der Waals surface area contributed by atoms with Crippen molar-refractivity contribution in [3.05, 3.63) is 62.2 Å². The molecule has 25 heavy (non-hydrogen) atoms. The van der Waals surface area contributed by atoms with Gasteiger partial charge in [-0.3, -0.25) is 9.36 Å². The standard InChI is InChI=1S/C19H18ClNO3S/c1-11(2)13-8-7-12(3)9-15(13)24-17(22)10-21-18-14(20)5-4-6-16(18)25-19(21)23/h4-9,11H,10H2,1-3H3. The predicted molar refractivity (Wildman–Crippen MR) is 102 cm³/mol. The fraction of sp³-hybridized carbons (Fsp3) is 0.263. The number of ether oxygens (including phenoxy) is 1. The molecule has 0 saturated heterocycles. The van der Waals surface area contributed by atoms with Gasteiger partial charge in [-0.15, -0.1) is 0 Å². The third kappa shape index (κ3) is 3.62. The molecule has 0 atom stereocenters. The van der Waals surface area contributed by atoms with Crippen molar-refractivity contribution in [2.45, 2.75) is 33.2 Å². The molecule has 0 bridgehead atoms. The lowest BCUT2D eigenvalue weighted by Gasteiger charge is -2.14. The Hall–Kier alpha value is -2.11. The third-order valence-corrected chi connectivity index (χ3v) is 5.19. The zero-order valence-electron chi connectivity index (χ0n) is 14.2. The Morgan fingerprint density at radius 3 is 2.76 bits per heavy atom. The molecule has 0 N–H and O–H groups in total. The summed E-state index contributed by atoms with van der Waals surface area (Å²) >= 11 is 7.27. The summed E-state index contributed by atoms with van der Waals surface area (Å²) in [5.41, 5.74) is 2.54. The first kappa shape index (κ1) is 17.7. The largest absolute Gasteiger partial charge is 0.425 e. The van der Waals surface area contributed by atoms with E-state index in [0.29, 0.717) is 16.3 Å². The summed E-state index contributed by atoms with van der Waals surface area (Å²) in [7, 11) is 0. The van der Waals surface area contributed by atoms with Gasteiger partial charge in [0.25, 0.3) is 0 Å². The maximum absolute atomic E-state index is 12.5. The summed E-state index contributed by atoms with van der Waals surface area (Å²) < 4.78 is 7.69. The van der Waals surface area contributed by atoms with Crippen LogP contribution in [0.4, 0.5) is 0 Å². The number of halogens is 1. The Morgan fingerprint density at radius 2 is 2.04 bits per heavy atom. The van der Waals surface area contributed by atoms with Crippen LogP contribution in [0.5, 0.6) is 5.75 Å². The number of carbonyl (C=O) groups excluding carboxylic acids is 1. The molecule has 2 aromatic carbocycles. The monoisotopic (exact) mass is 375 g/mol. The fourth-order valence-electron chi connectivity index (χ4n) is 2.71. The molecule has 4 nitrogen and oxygen atoms in total. The highest BCUT2D eigenvalue weighted by Gasteiger charge is 2.17. The Bertz CT molecular complexity index is 1000. The van der Waals surface area contributed by atoms with Gasteiger partial charge in [-0.2, -0.15) is 0 Å². The van der Waals surface area contributed by atoms with Crippen LogP contribution in [-0.2, 0) is 11.3 Å².